The molecule has 200 valence electrons. The fraction of sp³-hybridized carbons (Fsp3) is 0.345. The number of rotatable bonds is 5. The molecule has 0 atom stereocenters. The largest absolute Gasteiger partial charge is 0.339 e. The minimum absolute atomic E-state index is 0.000570. The standard InChI is InChI=1S/C29H32N8OS/c1-18-10-19(6-7-20(18)14-36(29(2,3)4)28(38)25-13-30-17-39-25)26-21-11-23(34-27(21)32-16-31-26)22-12-33-37-9-8-35(5)15-24(22)37/h6-7,10-13,16-17H,8-9,14-15H2,1-5H3,(H,31,32,34). The quantitative estimate of drug-likeness (QED) is 0.332. The lowest BCUT2D eigenvalue weighted by Gasteiger charge is -2.36. The van der Waals surface area contributed by atoms with Gasteiger partial charge in [0, 0.05) is 41.7 Å². The topological polar surface area (TPSA) is 95.8 Å². The number of carbonyl (C=O) groups is 1. The number of benzene rings is 1. The number of aromatic nitrogens is 6. The normalized spacial score (nSPS) is 14.1. The van der Waals surface area contributed by atoms with Gasteiger partial charge in [-0.1, -0.05) is 12.1 Å². The molecule has 0 fully saturated rings. The summed E-state index contributed by atoms with van der Waals surface area (Å²) < 4.78 is 2.09. The molecular weight excluding hydrogens is 508 g/mol. The zero-order valence-electron chi connectivity index (χ0n) is 22.9. The van der Waals surface area contributed by atoms with Gasteiger partial charge in [-0.05, 0) is 58.0 Å². The van der Waals surface area contributed by atoms with Crippen molar-refractivity contribution in [1.29, 1.82) is 0 Å². The maximum Gasteiger partial charge on any atom is 0.266 e. The first-order chi connectivity index (χ1) is 18.7. The van der Waals surface area contributed by atoms with Crippen molar-refractivity contribution < 1.29 is 4.79 Å². The highest BCUT2D eigenvalue weighted by molar-refractivity contribution is 7.11. The average molecular weight is 541 g/mol. The van der Waals surface area contributed by atoms with Crippen LogP contribution in [0.3, 0.4) is 0 Å². The first kappa shape index (κ1) is 25.4. The van der Waals surface area contributed by atoms with E-state index in [1.54, 1.807) is 18.0 Å². The molecule has 5 aromatic rings. The maximum absolute atomic E-state index is 13.3. The van der Waals surface area contributed by atoms with E-state index in [2.05, 4.69) is 93.6 Å². The minimum atomic E-state index is -0.339. The van der Waals surface area contributed by atoms with Gasteiger partial charge in [-0.2, -0.15) is 5.10 Å². The molecule has 0 bridgehead atoms. The Morgan fingerprint density at radius 3 is 2.74 bits per heavy atom. The Morgan fingerprint density at radius 1 is 1.15 bits per heavy atom. The van der Waals surface area contributed by atoms with E-state index in [1.165, 1.54) is 17.0 Å². The summed E-state index contributed by atoms with van der Waals surface area (Å²) in [4.78, 5) is 34.9. The second kappa shape index (κ2) is 9.69. The number of fused-ring (bicyclic) bond motifs is 2. The Bertz CT molecular complexity index is 1660. The van der Waals surface area contributed by atoms with Crippen LogP contribution in [0.4, 0.5) is 0 Å². The molecule has 1 aromatic carbocycles. The molecular formula is C29H32N8OS. The van der Waals surface area contributed by atoms with E-state index < -0.39 is 0 Å². The lowest BCUT2D eigenvalue weighted by Crippen LogP contribution is -2.44. The van der Waals surface area contributed by atoms with Crippen molar-refractivity contribution in [3.63, 3.8) is 0 Å². The van der Waals surface area contributed by atoms with Crippen molar-refractivity contribution in [3.05, 3.63) is 70.2 Å². The highest BCUT2D eigenvalue weighted by atomic mass is 32.1. The SMILES string of the molecule is Cc1cc(-c2ncnc3[nH]c(-c4cnn5c4CN(C)CC5)cc23)ccc1CN(C(=O)c1cncs1)C(C)(C)C. The molecule has 4 aromatic heterocycles. The number of aryl methyl sites for hydroxylation is 1. The molecule has 10 heteroatoms. The molecule has 0 radical (unpaired) electrons. The van der Waals surface area contributed by atoms with E-state index >= 15 is 0 Å². The number of nitrogens with one attached hydrogen (secondary N) is 1. The third-order valence-electron chi connectivity index (χ3n) is 7.42. The summed E-state index contributed by atoms with van der Waals surface area (Å²) >= 11 is 1.37. The molecule has 6 rings (SSSR count). The number of amides is 1. The van der Waals surface area contributed by atoms with Gasteiger partial charge in [0.05, 0.1) is 41.5 Å². The minimum Gasteiger partial charge on any atom is -0.339 e. The van der Waals surface area contributed by atoms with Gasteiger partial charge in [0.2, 0.25) is 0 Å². The molecule has 1 N–H and O–H groups in total. The van der Waals surface area contributed by atoms with Gasteiger partial charge in [0.25, 0.3) is 5.91 Å². The van der Waals surface area contributed by atoms with E-state index in [1.807, 2.05) is 11.1 Å². The van der Waals surface area contributed by atoms with Crippen LogP contribution in [0.25, 0.3) is 33.5 Å². The molecule has 0 saturated heterocycles. The lowest BCUT2D eigenvalue weighted by atomic mass is 9.99. The van der Waals surface area contributed by atoms with Crippen LogP contribution in [-0.4, -0.2) is 64.6 Å². The number of hydrogen-bond donors (Lipinski definition) is 1. The van der Waals surface area contributed by atoms with E-state index in [9.17, 15) is 4.79 Å². The molecule has 0 saturated carbocycles. The number of hydrogen-bond acceptors (Lipinski definition) is 7. The fourth-order valence-electron chi connectivity index (χ4n) is 5.17. The van der Waals surface area contributed by atoms with Crippen LogP contribution in [0.5, 0.6) is 0 Å². The van der Waals surface area contributed by atoms with Gasteiger partial charge < -0.3 is 9.88 Å². The summed E-state index contributed by atoms with van der Waals surface area (Å²) in [5.74, 6) is -0.000570. The summed E-state index contributed by atoms with van der Waals surface area (Å²) in [5.41, 5.74) is 9.57. The highest BCUT2D eigenvalue weighted by Crippen LogP contribution is 2.33. The highest BCUT2D eigenvalue weighted by Gasteiger charge is 2.29. The number of carbonyl (C=O) groups excluding carboxylic acids is 1. The van der Waals surface area contributed by atoms with Crippen LogP contribution < -0.4 is 0 Å². The number of thiazole rings is 1. The summed E-state index contributed by atoms with van der Waals surface area (Å²) in [7, 11) is 2.14. The van der Waals surface area contributed by atoms with Crippen LogP contribution in [0.2, 0.25) is 0 Å². The molecule has 5 heterocycles. The molecule has 39 heavy (non-hydrogen) atoms. The molecule has 0 unspecified atom stereocenters. The molecule has 1 aliphatic rings. The van der Waals surface area contributed by atoms with Crippen LogP contribution in [0.1, 0.15) is 47.3 Å². The van der Waals surface area contributed by atoms with Crippen LogP contribution in [-0.2, 0) is 19.6 Å². The van der Waals surface area contributed by atoms with Crippen LogP contribution >= 0.6 is 11.3 Å². The van der Waals surface area contributed by atoms with Crippen molar-refractivity contribution >= 4 is 28.3 Å². The third kappa shape index (κ3) is 4.74. The Labute approximate surface area is 231 Å². The van der Waals surface area contributed by atoms with Crippen molar-refractivity contribution in [3.8, 4) is 22.5 Å². The number of nitrogens with zero attached hydrogens (tertiary/aromatic N) is 7. The number of aromatic amines is 1. The van der Waals surface area contributed by atoms with E-state index in [0.29, 0.717) is 11.4 Å². The molecule has 1 amide bonds. The molecule has 0 aliphatic carbocycles. The summed E-state index contributed by atoms with van der Waals surface area (Å²) in [6.45, 7) is 11.5. The summed E-state index contributed by atoms with van der Waals surface area (Å²) in [5, 5.41) is 5.58. The van der Waals surface area contributed by atoms with Gasteiger partial charge in [0.1, 0.15) is 16.9 Å². The Morgan fingerprint density at radius 2 is 2.00 bits per heavy atom. The van der Waals surface area contributed by atoms with Gasteiger partial charge >= 0.3 is 0 Å². The predicted molar refractivity (Wildman–Crippen MR) is 153 cm³/mol. The van der Waals surface area contributed by atoms with E-state index in [4.69, 9.17) is 0 Å². The average Bonchev–Trinajstić information content (AvgIpc) is 3.66. The van der Waals surface area contributed by atoms with Crippen LogP contribution in [0, 0.1) is 6.92 Å². The summed E-state index contributed by atoms with van der Waals surface area (Å²) in [6.07, 6.45) is 5.20. The van der Waals surface area contributed by atoms with Crippen molar-refractivity contribution in [1.82, 2.24) is 39.5 Å². The molecule has 0 spiro atoms. The first-order valence-corrected chi connectivity index (χ1v) is 13.9. The van der Waals surface area contributed by atoms with Crippen molar-refractivity contribution in [2.24, 2.45) is 0 Å². The fourth-order valence-corrected chi connectivity index (χ4v) is 5.74. The van der Waals surface area contributed by atoms with E-state index in [0.717, 1.165) is 64.3 Å². The number of H-pyrrole nitrogens is 1. The van der Waals surface area contributed by atoms with Gasteiger partial charge in [-0.3, -0.25) is 19.4 Å². The second-order valence-electron chi connectivity index (χ2n) is 11.2. The Balaban J connectivity index is 1.33. The van der Waals surface area contributed by atoms with Gasteiger partial charge in [-0.25, -0.2) is 9.97 Å². The molecule has 1 aliphatic heterocycles. The van der Waals surface area contributed by atoms with Gasteiger partial charge in [0.15, 0.2) is 0 Å². The maximum atomic E-state index is 13.3. The van der Waals surface area contributed by atoms with Gasteiger partial charge in [-0.15, -0.1) is 11.3 Å². The summed E-state index contributed by atoms with van der Waals surface area (Å²) in [6, 6.07) is 8.48. The van der Waals surface area contributed by atoms with E-state index in [-0.39, 0.29) is 11.4 Å². The predicted octanol–water partition coefficient (Wildman–Crippen LogP) is 5.14. The number of likely N-dealkylation sites (N-methyl/N-ethyl adjacent to an activating group) is 1. The zero-order chi connectivity index (χ0) is 27.3. The zero-order valence-corrected chi connectivity index (χ0v) is 23.7. The molecule has 9 nitrogen and oxygen atoms in total. The third-order valence-corrected chi connectivity index (χ3v) is 8.18. The van der Waals surface area contributed by atoms with Crippen molar-refractivity contribution in [2.45, 2.75) is 52.9 Å². The Kier molecular flexibility index (Phi) is 6.31. The van der Waals surface area contributed by atoms with Crippen LogP contribution in [0.15, 0.2) is 48.5 Å². The smallest absolute Gasteiger partial charge is 0.266 e. The Hall–Kier alpha value is -3.89. The monoisotopic (exact) mass is 540 g/mol. The van der Waals surface area contributed by atoms with Crippen molar-refractivity contribution in [2.75, 3.05) is 13.6 Å². The first-order valence-electron chi connectivity index (χ1n) is 13.1. The lowest BCUT2D eigenvalue weighted by molar-refractivity contribution is 0.0563. The second-order valence-corrected chi connectivity index (χ2v) is 12.1.